The van der Waals surface area contributed by atoms with Gasteiger partial charge < -0.3 is 9.84 Å². The first kappa shape index (κ1) is 31.0. The first-order valence-electron chi connectivity index (χ1n) is 14.1. The minimum atomic E-state index is -0.272. The molecule has 3 aromatic rings. The first-order valence-corrected chi connectivity index (χ1v) is 15.7. The number of ketones is 1. The van der Waals surface area contributed by atoms with E-state index in [1.54, 1.807) is 12.2 Å². The van der Waals surface area contributed by atoms with Crippen molar-refractivity contribution in [2.24, 2.45) is 10.8 Å². The van der Waals surface area contributed by atoms with Crippen molar-refractivity contribution in [2.45, 2.75) is 48.5 Å². The lowest BCUT2D eigenvalue weighted by Crippen LogP contribution is -2.29. The van der Waals surface area contributed by atoms with Gasteiger partial charge in [0.25, 0.3) is 0 Å². The van der Waals surface area contributed by atoms with E-state index in [1.807, 2.05) is 73.7 Å². The maximum Gasteiger partial charge on any atom is 0.361 e. The van der Waals surface area contributed by atoms with Gasteiger partial charge in [0, 0.05) is 30.9 Å². The van der Waals surface area contributed by atoms with Crippen molar-refractivity contribution in [1.82, 2.24) is 0 Å². The number of carbonyl (C=O) groups is 1. The Balaban J connectivity index is 1.59. The molecule has 1 aliphatic heterocycles. The van der Waals surface area contributed by atoms with Gasteiger partial charge in [0.2, 0.25) is 0 Å². The summed E-state index contributed by atoms with van der Waals surface area (Å²) in [4.78, 5) is 13.4. The van der Waals surface area contributed by atoms with E-state index in [0.29, 0.717) is 17.1 Å². The van der Waals surface area contributed by atoms with E-state index < -0.39 is 0 Å². The zero-order valence-corrected chi connectivity index (χ0v) is 28.6. The van der Waals surface area contributed by atoms with Crippen LogP contribution in [-0.4, -0.2) is 5.78 Å². The Kier molecular flexibility index (Phi) is 8.32. The van der Waals surface area contributed by atoms with Crippen LogP contribution in [0.3, 0.4) is 0 Å². The molecule has 0 amide bonds. The van der Waals surface area contributed by atoms with Crippen molar-refractivity contribution in [3.63, 3.8) is 0 Å². The van der Waals surface area contributed by atoms with E-state index in [0.717, 1.165) is 42.7 Å². The third kappa shape index (κ3) is 6.56. The summed E-state index contributed by atoms with van der Waals surface area (Å²) in [5, 5.41) is 13.4. The lowest BCUT2D eigenvalue weighted by atomic mass is 9.83. The largest absolute Gasteiger partial charge is 0.871 e. The predicted molar refractivity (Wildman–Crippen MR) is 178 cm³/mol. The summed E-state index contributed by atoms with van der Waals surface area (Å²) in [6.07, 6.45) is 7.19. The molecule has 4 nitrogen and oxygen atoms in total. The Labute approximate surface area is 270 Å². The summed E-state index contributed by atoms with van der Waals surface area (Å²) in [5.41, 5.74) is 4.20. The smallest absolute Gasteiger partial charge is 0.361 e. The van der Waals surface area contributed by atoms with Crippen LogP contribution in [0.1, 0.15) is 52.7 Å². The summed E-state index contributed by atoms with van der Waals surface area (Å²) >= 11 is 7.10. The summed E-state index contributed by atoms with van der Waals surface area (Å²) < 4.78 is 14.4. The molecule has 5 rings (SSSR count). The van der Waals surface area contributed by atoms with Crippen LogP contribution in [0.4, 0.5) is 0 Å². The van der Waals surface area contributed by atoms with Gasteiger partial charge in [-0.2, -0.15) is 0 Å². The van der Waals surface area contributed by atoms with Crippen LogP contribution in [0.2, 0.25) is 0 Å². The van der Waals surface area contributed by atoms with Crippen molar-refractivity contribution >= 4 is 43.7 Å². The number of ether oxygens (including phenoxy) is 1. The molecule has 0 unspecified atom stereocenters. The Morgan fingerprint density at radius 1 is 0.814 bits per heavy atom. The highest BCUT2D eigenvalue weighted by Gasteiger charge is 2.31. The lowest BCUT2D eigenvalue weighted by molar-refractivity contribution is -0.300. The fraction of sp³-hybridized carbons (Fsp3) is 0.243. The second kappa shape index (κ2) is 11.5. The first-order chi connectivity index (χ1) is 20.1. The van der Waals surface area contributed by atoms with Gasteiger partial charge in [-0.1, -0.05) is 65.5 Å². The fourth-order valence-corrected chi connectivity index (χ4v) is 5.38. The zero-order valence-electron chi connectivity index (χ0n) is 25.4. The van der Waals surface area contributed by atoms with Crippen LogP contribution < -0.4 is 5.11 Å². The second-order valence-corrected chi connectivity index (χ2v) is 14.7. The van der Waals surface area contributed by atoms with Crippen molar-refractivity contribution in [2.75, 3.05) is 0 Å². The molecule has 0 atom stereocenters. The highest BCUT2D eigenvalue weighted by atomic mass is 79.9. The monoisotopic (exact) mass is 700 g/mol. The topological polar surface area (TPSA) is 60.7 Å². The zero-order chi connectivity index (χ0) is 31.3. The summed E-state index contributed by atoms with van der Waals surface area (Å²) in [7, 11) is 0. The van der Waals surface area contributed by atoms with E-state index in [4.69, 9.17) is 9.15 Å². The highest BCUT2D eigenvalue weighted by Crippen LogP contribution is 2.41. The van der Waals surface area contributed by atoms with Gasteiger partial charge in [-0.3, -0.25) is 4.79 Å². The molecule has 0 bridgehead atoms. The predicted octanol–water partition coefficient (Wildman–Crippen LogP) is 10.1. The van der Waals surface area contributed by atoms with Crippen molar-refractivity contribution in [3.05, 3.63) is 127 Å². The molecule has 0 saturated heterocycles. The van der Waals surface area contributed by atoms with E-state index in [9.17, 15) is 9.90 Å². The van der Waals surface area contributed by atoms with E-state index in [-0.39, 0.29) is 33.5 Å². The van der Waals surface area contributed by atoms with E-state index in [1.165, 1.54) is 0 Å². The lowest BCUT2D eigenvalue weighted by Gasteiger charge is -2.33. The number of Topliss-reactive ketones (excluding diaryl/α,β-unsaturated/α-hetero) is 1. The fourth-order valence-electron chi connectivity index (χ4n) is 4.75. The van der Waals surface area contributed by atoms with Crippen molar-refractivity contribution in [1.29, 1.82) is 0 Å². The molecule has 0 spiro atoms. The molecule has 2 aromatic carbocycles. The van der Waals surface area contributed by atoms with E-state index >= 15 is 0 Å². The molecule has 0 radical (unpaired) electrons. The van der Waals surface area contributed by atoms with Gasteiger partial charge in [0.05, 0.1) is 23.3 Å². The number of benzene rings is 2. The number of carbonyl (C=O) groups excluding carboxylic acids is 1. The van der Waals surface area contributed by atoms with Crippen LogP contribution in [-0.2, 0) is 9.53 Å². The average molecular weight is 702 g/mol. The number of allylic oxidation sites excluding steroid dienone is 8. The standard InChI is InChI=1S/C37H34Br2O4/c1-21-10-8-9-11-25(21)31-17-22(16-30(42-31)24-12-13-28(38)29(39)20-24)14-26-34(40)27(35(26)41)15-23-18-32(36(2,3)4)43-33(19-23)37(5,6)7/h8-20H,1-7H3. The number of hydrogen-bond donors (Lipinski definition) is 0. The summed E-state index contributed by atoms with van der Waals surface area (Å²) in [6, 6.07) is 17.6. The molecule has 220 valence electrons. The summed E-state index contributed by atoms with van der Waals surface area (Å²) in [5.74, 6) is 2.32. The van der Waals surface area contributed by atoms with Gasteiger partial charge in [-0.15, -0.1) is 0 Å². The molecular weight excluding hydrogens is 668 g/mol. The van der Waals surface area contributed by atoms with Crippen molar-refractivity contribution in [3.8, 4) is 22.6 Å². The molecule has 0 N–H and O–H groups in total. The van der Waals surface area contributed by atoms with Gasteiger partial charge >= 0.3 is 11.5 Å². The van der Waals surface area contributed by atoms with Crippen LogP contribution in [0.15, 0.2) is 120 Å². The number of halogens is 2. The molecule has 1 aliphatic carbocycles. The van der Waals surface area contributed by atoms with Crippen LogP contribution in [0, 0.1) is 17.8 Å². The Bertz CT molecular complexity index is 1770. The Morgan fingerprint density at radius 2 is 1.44 bits per heavy atom. The van der Waals surface area contributed by atoms with Crippen LogP contribution in [0.25, 0.3) is 28.7 Å². The Morgan fingerprint density at radius 3 is 2.02 bits per heavy atom. The molecule has 0 fully saturated rings. The number of rotatable bonds is 4. The molecule has 6 heteroatoms. The molecule has 2 heterocycles. The molecule has 2 aliphatic rings. The molecule has 0 saturated carbocycles. The highest BCUT2D eigenvalue weighted by molar-refractivity contribution is 9.13. The maximum atomic E-state index is 13.4. The third-order valence-corrected chi connectivity index (χ3v) is 9.20. The average Bonchev–Trinajstić information content (AvgIpc) is 2.95. The van der Waals surface area contributed by atoms with Gasteiger partial charge in [0.1, 0.15) is 11.5 Å². The van der Waals surface area contributed by atoms with Gasteiger partial charge in [-0.05, 0) is 104 Å². The van der Waals surface area contributed by atoms with Crippen LogP contribution in [0.5, 0.6) is 0 Å². The minimum Gasteiger partial charge on any atom is -0.871 e. The molecule has 43 heavy (non-hydrogen) atoms. The maximum absolute atomic E-state index is 13.4. The van der Waals surface area contributed by atoms with Crippen molar-refractivity contribution < 1.29 is 19.1 Å². The molecule has 1 aromatic heterocycles. The second-order valence-electron chi connectivity index (χ2n) is 13.0. The summed E-state index contributed by atoms with van der Waals surface area (Å²) in [6.45, 7) is 14.5. The van der Waals surface area contributed by atoms with Gasteiger partial charge in [0.15, 0.2) is 5.78 Å². The normalized spacial score (nSPS) is 16.5. The van der Waals surface area contributed by atoms with Gasteiger partial charge in [-0.25, -0.2) is 4.42 Å². The van der Waals surface area contributed by atoms with E-state index in [2.05, 4.69) is 73.4 Å². The van der Waals surface area contributed by atoms with Crippen LogP contribution >= 0.6 is 31.9 Å². The third-order valence-electron chi connectivity index (χ3n) is 7.32. The minimum absolute atomic E-state index is 0.156. The Hall–Kier alpha value is -3.48. The number of hydrogen-bond acceptors (Lipinski definition) is 3. The number of aryl methyl sites for hydroxylation is 1. The quantitative estimate of drug-likeness (QED) is 0.201. The molecular formula is C37H34Br2O4. The SMILES string of the molecule is Cc1ccccc1-c1cc(C=C2C(=O)C(C=C3C=C(C(C)(C)C)OC(C(C)(C)C)=C3)=C2[O-])cc(-c2ccc(Br)c(Br)c2)[o+]1.